The summed E-state index contributed by atoms with van der Waals surface area (Å²) in [5, 5.41) is 2.94. The van der Waals surface area contributed by atoms with Crippen LogP contribution in [0.15, 0.2) is 18.2 Å². The fraction of sp³-hybridized carbons (Fsp3) is 0.562. The first-order valence-corrected chi connectivity index (χ1v) is 7.50. The zero-order valence-corrected chi connectivity index (χ0v) is 12.9. The van der Waals surface area contributed by atoms with E-state index in [9.17, 15) is 4.79 Å². The molecule has 116 valence electrons. The second-order valence-corrected chi connectivity index (χ2v) is 5.70. The van der Waals surface area contributed by atoms with Gasteiger partial charge in [0.25, 0.3) is 0 Å². The summed E-state index contributed by atoms with van der Waals surface area (Å²) in [7, 11) is 2.08. The quantitative estimate of drug-likeness (QED) is 0.814. The van der Waals surface area contributed by atoms with Crippen LogP contribution < -0.4 is 11.1 Å². The maximum atomic E-state index is 12.1. The van der Waals surface area contributed by atoms with Crippen LogP contribution in [0.1, 0.15) is 24.8 Å². The van der Waals surface area contributed by atoms with E-state index in [2.05, 4.69) is 17.3 Å². The van der Waals surface area contributed by atoms with Crippen molar-refractivity contribution in [1.82, 2.24) is 4.90 Å². The number of nitrogens with zero attached hydrogens (tertiary/aromatic N) is 1. The number of benzene rings is 1. The largest absolute Gasteiger partial charge is 0.399 e. The van der Waals surface area contributed by atoms with Crippen LogP contribution in [0.25, 0.3) is 0 Å². The number of anilines is 2. The van der Waals surface area contributed by atoms with Gasteiger partial charge < -0.3 is 20.7 Å². The van der Waals surface area contributed by atoms with Gasteiger partial charge in [0.2, 0.25) is 5.91 Å². The van der Waals surface area contributed by atoms with Crippen molar-refractivity contribution in [3.05, 3.63) is 23.8 Å². The predicted molar refractivity (Wildman–Crippen MR) is 85.3 cm³/mol. The van der Waals surface area contributed by atoms with Gasteiger partial charge in [0.05, 0.1) is 0 Å². The molecule has 21 heavy (non-hydrogen) atoms. The minimum atomic E-state index is 0.0302. The van der Waals surface area contributed by atoms with Crippen LogP contribution in [-0.4, -0.2) is 43.7 Å². The lowest BCUT2D eigenvalue weighted by molar-refractivity contribution is -0.116. The Kier molecular flexibility index (Phi) is 5.59. The van der Waals surface area contributed by atoms with Crippen LogP contribution in [0.2, 0.25) is 0 Å². The fourth-order valence-corrected chi connectivity index (χ4v) is 2.57. The lowest BCUT2D eigenvalue weighted by atomic mass is 10.1. The van der Waals surface area contributed by atoms with Gasteiger partial charge in [-0.1, -0.05) is 6.07 Å². The molecule has 1 aliphatic heterocycles. The van der Waals surface area contributed by atoms with E-state index in [1.165, 1.54) is 0 Å². The van der Waals surface area contributed by atoms with Crippen molar-refractivity contribution in [2.75, 3.05) is 37.9 Å². The lowest BCUT2D eigenvalue weighted by Crippen LogP contribution is -2.38. The SMILES string of the molecule is Cc1ccc(N)cc1NC(=O)CCN(C)C1CCOCC1. The van der Waals surface area contributed by atoms with Crippen LogP contribution in [-0.2, 0) is 9.53 Å². The summed E-state index contributed by atoms with van der Waals surface area (Å²) in [5.74, 6) is 0.0302. The van der Waals surface area contributed by atoms with Gasteiger partial charge >= 0.3 is 0 Å². The summed E-state index contributed by atoms with van der Waals surface area (Å²) in [6.45, 7) is 4.37. The minimum Gasteiger partial charge on any atom is -0.399 e. The van der Waals surface area contributed by atoms with E-state index in [0.717, 1.165) is 43.9 Å². The molecule has 1 aliphatic rings. The van der Waals surface area contributed by atoms with Crippen LogP contribution in [0, 0.1) is 6.92 Å². The number of hydrogen-bond acceptors (Lipinski definition) is 4. The van der Waals surface area contributed by atoms with Gasteiger partial charge in [0.15, 0.2) is 0 Å². The first kappa shape index (κ1) is 15.8. The van der Waals surface area contributed by atoms with Crippen molar-refractivity contribution in [2.24, 2.45) is 0 Å². The molecule has 1 aromatic carbocycles. The molecular weight excluding hydrogens is 266 g/mol. The van der Waals surface area contributed by atoms with Crippen molar-refractivity contribution in [2.45, 2.75) is 32.2 Å². The highest BCUT2D eigenvalue weighted by molar-refractivity contribution is 5.92. The van der Waals surface area contributed by atoms with Gasteiger partial charge in [0.1, 0.15) is 0 Å². The number of rotatable bonds is 5. The van der Waals surface area contributed by atoms with Crippen LogP contribution >= 0.6 is 0 Å². The number of nitrogens with two attached hydrogens (primary N) is 1. The number of hydrogen-bond donors (Lipinski definition) is 2. The van der Waals surface area contributed by atoms with Gasteiger partial charge in [-0.3, -0.25) is 4.79 Å². The third kappa shape index (κ3) is 4.72. The third-order valence-electron chi connectivity index (χ3n) is 4.04. The highest BCUT2D eigenvalue weighted by Gasteiger charge is 2.18. The topological polar surface area (TPSA) is 67.6 Å². The molecule has 2 rings (SSSR count). The molecule has 0 aliphatic carbocycles. The summed E-state index contributed by atoms with van der Waals surface area (Å²) >= 11 is 0. The molecule has 0 spiro atoms. The normalized spacial score (nSPS) is 16.1. The first-order valence-electron chi connectivity index (χ1n) is 7.50. The smallest absolute Gasteiger partial charge is 0.225 e. The third-order valence-corrected chi connectivity index (χ3v) is 4.04. The van der Waals surface area contributed by atoms with E-state index in [-0.39, 0.29) is 5.91 Å². The number of ether oxygens (including phenoxy) is 1. The lowest BCUT2D eigenvalue weighted by Gasteiger charge is -2.30. The molecular formula is C16H25N3O2. The minimum absolute atomic E-state index is 0.0302. The van der Waals surface area contributed by atoms with Crippen molar-refractivity contribution in [3.8, 4) is 0 Å². The van der Waals surface area contributed by atoms with Gasteiger partial charge in [-0.15, -0.1) is 0 Å². The number of carbonyl (C=O) groups is 1. The maximum absolute atomic E-state index is 12.1. The molecule has 1 saturated heterocycles. The summed E-state index contributed by atoms with van der Waals surface area (Å²) < 4.78 is 5.36. The molecule has 0 unspecified atom stereocenters. The molecule has 1 fully saturated rings. The summed E-state index contributed by atoms with van der Waals surface area (Å²) in [6, 6.07) is 6.08. The van der Waals surface area contributed by atoms with Crippen molar-refractivity contribution in [1.29, 1.82) is 0 Å². The van der Waals surface area contributed by atoms with E-state index < -0.39 is 0 Å². The van der Waals surface area contributed by atoms with Gasteiger partial charge in [-0.2, -0.15) is 0 Å². The highest BCUT2D eigenvalue weighted by atomic mass is 16.5. The van der Waals surface area contributed by atoms with E-state index in [1.54, 1.807) is 6.07 Å². The monoisotopic (exact) mass is 291 g/mol. The average molecular weight is 291 g/mol. The molecule has 0 bridgehead atoms. The van der Waals surface area contributed by atoms with E-state index in [4.69, 9.17) is 10.5 Å². The Morgan fingerprint density at radius 2 is 2.14 bits per heavy atom. The zero-order valence-electron chi connectivity index (χ0n) is 12.9. The highest BCUT2D eigenvalue weighted by Crippen LogP contribution is 2.18. The molecule has 1 aromatic rings. The van der Waals surface area contributed by atoms with E-state index in [1.807, 2.05) is 19.1 Å². The number of nitrogens with one attached hydrogen (secondary N) is 1. The number of amides is 1. The first-order chi connectivity index (χ1) is 10.1. The molecule has 1 amide bonds. The standard InChI is InChI=1S/C16H25N3O2/c1-12-3-4-13(17)11-15(12)18-16(20)5-8-19(2)14-6-9-21-10-7-14/h3-4,11,14H,5-10,17H2,1-2H3,(H,18,20). The van der Waals surface area contributed by atoms with Gasteiger partial charge in [-0.25, -0.2) is 0 Å². The Morgan fingerprint density at radius 3 is 2.86 bits per heavy atom. The van der Waals surface area contributed by atoms with Crippen molar-refractivity contribution in [3.63, 3.8) is 0 Å². The van der Waals surface area contributed by atoms with E-state index >= 15 is 0 Å². The van der Waals surface area contributed by atoms with Crippen LogP contribution in [0.3, 0.4) is 0 Å². The Hall–Kier alpha value is -1.59. The number of nitrogen functional groups attached to an aromatic ring is 1. The van der Waals surface area contributed by atoms with Gasteiger partial charge in [0, 0.05) is 43.6 Å². The van der Waals surface area contributed by atoms with Crippen molar-refractivity contribution >= 4 is 17.3 Å². The number of carbonyl (C=O) groups excluding carboxylic acids is 1. The Balaban J connectivity index is 1.80. The van der Waals surface area contributed by atoms with Gasteiger partial charge in [-0.05, 0) is 44.5 Å². The molecule has 1 heterocycles. The Labute approximate surface area is 126 Å². The molecule has 0 radical (unpaired) electrons. The summed E-state index contributed by atoms with van der Waals surface area (Å²) in [4.78, 5) is 14.3. The zero-order chi connectivity index (χ0) is 15.2. The summed E-state index contributed by atoms with van der Waals surface area (Å²) in [5.41, 5.74) is 8.24. The average Bonchev–Trinajstić information content (AvgIpc) is 2.49. The van der Waals surface area contributed by atoms with Crippen LogP contribution in [0.5, 0.6) is 0 Å². The maximum Gasteiger partial charge on any atom is 0.225 e. The molecule has 5 nitrogen and oxygen atoms in total. The summed E-state index contributed by atoms with van der Waals surface area (Å²) in [6.07, 6.45) is 2.58. The molecule has 0 saturated carbocycles. The van der Waals surface area contributed by atoms with Crippen molar-refractivity contribution < 1.29 is 9.53 Å². The predicted octanol–water partition coefficient (Wildman–Crippen LogP) is 2.02. The second-order valence-electron chi connectivity index (χ2n) is 5.70. The Bertz CT molecular complexity index is 484. The molecule has 0 atom stereocenters. The molecule has 5 heteroatoms. The second kappa shape index (κ2) is 7.43. The van der Waals surface area contributed by atoms with Crippen LogP contribution in [0.4, 0.5) is 11.4 Å². The van der Waals surface area contributed by atoms with E-state index in [0.29, 0.717) is 18.2 Å². The Morgan fingerprint density at radius 1 is 1.43 bits per heavy atom. The molecule has 0 aromatic heterocycles. The molecule has 3 N–H and O–H groups in total. The fourth-order valence-electron chi connectivity index (χ4n) is 2.57. The number of aryl methyl sites for hydroxylation is 1.